The van der Waals surface area contributed by atoms with Crippen LogP contribution < -0.4 is 20.1 Å². The number of amides is 3. The van der Waals surface area contributed by atoms with Crippen molar-refractivity contribution in [2.24, 2.45) is 4.99 Å². The monoisotopic (exact) mass is 517 g/mol. The molecule has 0 radical (unpaired) electrons. The van der Waals surface area contributed by atoms with E-state index in [0.29, 0.717) is 19.0 Å². The first-order valence-corrected chi connectivity index (χ1v) is 9.32. The number of imide groups is 1. The van der Waals surface area contributed by atoms with Gasteiger partial charge >= 0.3 is 6.03 Å². The number of halogens is 1. The molecule has 2 fully saturated rings. The Balaban J connectivity index is 0.00000300. The van der Waals surface area contributed by atoms with Gasteiger partial charge in [0.15, 0.2) is 5.96 Å². The predicted octanol–water partition coefficient (Wildman–Crippen LogP) is 1.24. The number of likely N-dealkylation sites (tertiary alicyclic amines) is 1. The Kier molecular flexibility index (Phi) is 8.35. The lowest BCUT2D eigenvalue weighted by atomic mass is 9.98. The second kappa shape index (κ2) is 10.5. The van der Waals surface area contributed by atoms with Crippen molar-refractivity contribution in [2.45, 2.75) is 12.3 Å². The lowest BCUT2D eigenvalue weighted by Crippen LogP contribution is -2.44. The van der Waals surface area contributed by atoms with Crippen molar-refractivity contribution in [3.8, 4) is 11.5 Å². The van der Waals surface area contributed by atoms with E-state index in [9.17, 15) is 9.59 Å². The number of nitrogens with zero attached hydrogens (tertiary/aromatic N) is 3. The Hall–Kier alpha value is -2.24. The molecule has 9 nitrogen and oxygen atoms in total. The molecule has 2 heterocycles. The number of aliphatic imine (C=N–C) groups is 1. The minimum Gasteiger partial charge on any atom is -0.497 e. The Morgan fingerprint density at radius 1 is 1.24 bits per heavy atom. The van der Waals surface area contributed by atoms with Gasteiger partial charge in [-0.3, -0.25) is 14.7 Å². The fourth-order valence-electron chi connectivity index (χ4n) is 3.58. The molecule has 3 rings (SSSR count). The minimum atomic E-state index is -0.338. The van der Waals surface area contributed by atoms with Gasteiger partial charge in [0.2, 0.25) is 5.91 Å². The van der Waals surface area contributed by atoms with Crippen LogP contribution >= 0.6 is 24.0 Å². The highest BCUT2D eigenvalue weighted by Gasteiger charge is 2.29. The normalized spacial score (nSPS) is 19.1. The van der Waals surface area contributed by atoms with Gasteiger partial charge in [-0.15, -0.1) is 24.0 Å². The van der Waals surface area contributed by atoms with Crippen LogP contribution in [0.5, 0.6) is 11.5 Å². The average Bonchev–Trinajstić information content (AvgIpc) is 3.32. The zero-order valence-corrected chi connectivity index (χ0v) is 19.3. The van der Waals surface area contributed by atoms with Crippen molar-refractivity contribution in [1.82, 2.24) is 20.4 Å². The molecule has 3 amide bonds. The highest BCUT2D eigenvalue weighted by molar-refractivity contribution is 14.0. The largest absolute Gasteiger partial charge is 0.497 e. The van der Waals surface area contributed by atoms with E-state index in [1.54, 1.807) is 21.3 Å². The fraction of sp³-hybridized carbons (Fsp3) is 0.526. The Morgan fingerprint density at radius 2 is 1.93 bits per heavy atom. The summed E-state index contributed by atoms with van der Waals surface area (Å²) in [5.41, 5.74) is 1.17. The van der Waals surface area contributed by atoms with Gasteiger partial charge in [-0.2, -0.15) is 0 Å². The standard InChI is InChI=1S/C19H27N5O4.HI/c1-20-18(21-5-7-24-17(25)11-22-19(24)26)23-6-4-13(12-23)14-8-15(27-2)10-16(9-14)28-3;/h8-10,13H,4-7,11-12H2,1-3H3,(H,20,21)(H,22,26);1H. The van der Waals surface area contributed by atoms with Crippen molar-refractivity contribution >= 4 is 41.9 Å². The molecule has 29 heavy (non-hydrogen) atoms. The van der Waals surface area contributed by atoms with E-state index in [-0.39, 0.29) is 42.5 Å². The van der Waals surface area contributed by atoms with E-state index in [1.165, 1.54) is 10.5 Å². The van der Waals surface area contributed by atoms with Gasteiger partial charge in [-0.05, 0) is 24.1 Å². The number of carbonyl (C=O) groups excluding carboxylic acids is 2. The smallest absolute Gasteiger partial charge is 0.324 e. The molecule has 2 N–H and O–H groups in total. The van der Waals surface area contributed by atoms with E-state index >= 15 is 0 Å². The van der Waals surface area contributed by atoms with Crippen LogP contribution in [0, 0.1) is 0 Å². The summed E-state index contributed by atoms with van der Waals surface area (Å²) in [4.78, 5) is 31.0. The van der Waals surface area contributed by atoms with E-state index in [2.05, 4.69) is 20.5 Å². The van der Waals surface area contributed by atoms with Crippen molar-refractivity contribution < 1.29 is 19.1 Å². The maximum atomic E-state index is 11.6. The van der Waals surface area contributed by atoms with Crippen LogP contribution in [0.15, 0.2) is 23.2 Å². The van der Waals surface area contributed by atoms with Gasteiger partial charge in [0.05, 0.1) is 20.8 Å². The topological polar surface area (TPSA) is 95.5 Å². The minimum absolute atomic E-state index is 0. The Labute approximate surface area is 187 Å². The summed E-state index contributed by atoms with van der Waals surface area (Å²) in [6.07, 6.45) is 0.990. The molecule has 2 aliphatic rings. The molecule has 0 aliphatic carbocycles. The zero-order chi connectivity index (χ0) is 20.1. The van der Waals surface area contributed by atoms with Gasteiger partial charge in [0, 0.05) is 45.2 Å². The molecule has 0 bridgehead atoms. The highest BCUT2D eigenvalue weighted by atomic mass is 127. The summed E-state index contributed by atoms with van der Waals surface area (Å²) in [5.74, 6) is 2.47. The van der Waals surface area contributed by atoms with Gasteiger partial charge < -0.3 is 25.0 Å². The number of hydrogen-bond donors (Lipinski definition) is 2. The van der Waals surface area contributed by atoms with Crippen molar-refractivity contribution in [2.75, 3.05) is 54.0 Å². The molecule has 2 aliphatic heterocycles. The third kappa shape index (κ3) is 5.43. The lowest BCUT2D eigenvalue weighted by Gasteiger charge is -2.23. The van der Waals surface area contributed by atoms with Crippen LogP contribution in [-0.4, -0.2) is 81.7 Å². The average molecular weight is 517 g/mol. The van der Waals surface area contributed by atoms with E-state index in [4.69, 9.17) is 9.47 Å². The maximum absolute atomic E-state index is 11.6. The van der Waals surface area contributed by atoms with E-state index < -0.39 is 0 Å². The molecule has 2 saturated heterocycles. The molecule has 1 atom stereocenters. The number of hydrogen-bond acceptors (Lipinski definition) is 5. The predicted molar refractivity (Wildman–Crippen MR) is 120 cm³/mol. The molecule has 0 aromatic heterocycles. The van der Waals surface area contributed by atoms with Crippen LogP contribution in [0.3, 0.4) is 0 Å². The summed E-state index contributed by atoms with van der Waals surface area (Å²) in [5, 5.41) is 5.77. The van der Waals surface area contributed by atoms with Crippen LogP contribution in [-0.2, 0) is 4.79 Å². The van der Waals surface area contributed by atoms with Gasteiger partial charge in [0.1, 0.15) is 11.5 Å². The maximum Gasteiger partial charge on any atom is 0.324 e. The number of methoxy groups -OCH3 is 2. The van der Waals surface area contributed by atoms with Crippen LogP contribution in [0.2, 0.25) is 0 Å². The molecule has 1 unspecified atom stereocenters. The van der Waals surface area contributed by atoms with Gasteiger partial charge in [-0.1, -0.05) is 0 Å². The molecule has 1 aromatic carbocycles. The van der Waals surface area contributed by atoms with Crippen molar-refractivity contribution in [3.63, 3.8) is 0 Å². The second-order valence-electron chi connectivity index (χ2n) is 6.76. The van der Waals surface area contributed by atoms with Gasteiger partial charge in [-0.25, -0.2) is 4.79 Å². The molecule has 0 spiro atoms. The fourth-order valence-corrected chi connectivity index (χ4v) is 3.58. The Morgan fingerprint density at radius 3 is 2.48 bits per heavy atom. The number of urea groups is 1. The summed E-state index contributed by atoms with van der Waals surface area (Å²) < 4.78 is 10.8. The number of nitrogens with one attached hydrogen (secondary N) is 2. The van der Waals surface area contributed by atoms with Crippen LogP contribution in [0.4, 0.5) is 4.79 Å². The van der Waals surface area contributed by atoms with Crippen molar-refractivity contribution in [3.05, 3.63) is 23.8 Å². The highest BCUT2D eigenvalue weighted by Crippen LogP contribution is 2.32. The Bertz CT molecular complexity index is 735. The number of guanidine groups is 1. The van der Waals surface area contributed by atoms with E-state index in [1.807, 2.05) is 18.2 Å². The molecule has 0 saturated carbocycles. The summed E-state index contributed by atoms with van der Waals surface area (Å²) >= 11 is 0. The molecular weight excluding hydrogens is 489 g/mol. The zero-order valence-electron chi connectivity index (χ0n) is 16.9. The molecule has 160 valence electrons. The summed E-state index contributed by atoms with van der Waals surface area (Å²) in [7, 11) is 5.03. The first-order chi connectivity index (χ1) is 13.5. The molecule has 1 aromatic rings. The lowest BCUT2D eigenvalue weighted by molar-refractivity contribution is -0.124. The first kappa shape index (κ1) is 23.0. The van der Waals surface area contributed by atoms with Gasteiger partial charge in [0.25, 0.3) is 0 Å². The third-order valence-electron chi connectivity index (χ3n) is 5.10. The SMILES string of the molecule is CN=C(NCCN1C(=O)CNC1=O)N1CCC(c2cc(OC)cc(OC)c2)C1.I. The third-order valence-corrected chi connectivity index (χ3v) is 5.10. The number of rotatable bonds is 6. The number of ether oxygens (including phenoxy) is 2. The van der Waals surface area contributed by atoms with Crippen molar-refractivity contribution in [1.29, 1.82) is 0 Å². The van der Waals surface area contributed by atoms with Crippen LogP contribution in [0.1, 0.15) is 17.9 Å². The summed E-state index contributed by atoms with van der Waals surface area (Å²) in [6, 6.07) is 5.62. The quantitative estimate of drug-likeness (QED) is 0.255. The summed E-state index contributed by atoms with van der Waals surface area (Å²) in [6.45, 7) is 2.53. The molecule has 10 heteroatoms. The first-order valence-electron chi connectivity index (χ1n) is 9.32. The molecular formula is C19H28IN5O4. The van der Waals surface area contributed by atoms with Crippen LogP contribution in [0.25, 0.3) is 0 Å². The second-order valence-corrected chi connectivity index (χ2v) is 6.76. The van der Waals surface area contributed by atoms with E-state index in [0.717, 1.165) is 37.0 Å². The number of benzene rings is 1. The number of carbonyl (C=O) groups is 2.